The van der Waals surface area contributed by atoms with Gasteiger partial charge >= 0.3 is 5.97 Å². The van der Waals surface area contributed by atoms with E-state index < -0.39 is 12.6 Å². The second-order valence-corrected chi connectivity index (χ2v) is 7.90. The van der Waals surface area contributed by atoms with E-state index in [2.05, 4.69) is 12.1 Å². The maximum atomic E-state index is 10.9. The maximum Gasteiger partial charge on any atom is 0.341 e. The molecule has 0 saturated heterocycles. The highest BCUT2D eigenvalue weighted by atomic mass is 35.5. The second kappa shape index (κ2) is 9.51. The maximum absolute atomic E-state index is 10.9. The molecule has 4 aromatic rings. The number of aromatic nitrogens is 1. The molecule has 0 radical (unpaired) electrons. The number of benzene rings is 3. The Balaban J connectivity index is 1.74. The molecule has 164 valence electrons. The van der Waals surface area contributed by atoms with Crippen LogP contribution in [0.5, 0.6) is 17.2 Å². The molecule has 0 aliphatic carbocycles. The van der Waals surface area contributed by atoms with E-state index in [9.17, 15) is 4.79 Å². The number of fused-ring (bicyclic) bond motifs is 1. The molecule has 1 heterocycles. The Morgan fingerprint density at radius 3 is 2.53 bits per heavy atom. The summed E-state index contributed by atoms with van der Waals surface area (Å²) in [5.74, 6) is 0.530. The zero-order valence-electron chi connectivity index (χ0n) is 17.1. The minimum Gasteiger partial charge on any atom is -0.480 e. The molecule has 0 bridgehead atoms. The lowest BCUT2D eigenvalue weighted by molar-refractivity contribution is -0.139. The van der Waals surface area contributed by atoms with E-state index in [1.807, 2.05) is 18.2 Å². The number of ether oxygens (including phenoxy) is 2. The first-order valence-corrected chi connectivity index (χ1v) is 10.7. The topological polar surface area (TPSA) is 81.8 Å². The molecule has 1 N–H and O–H groups in total. The van der Waals surface area contributed by atoms with E-state index >= 15 is 0 Å². The Morgan fingerprint density at radius 2 is 1.81 bits per heavy atom. The first kappa shape index (κ1) is 22.0. The lowest BCUT2D eigenvalue weighted by atomic mass is 9.98. The van der Waals surface area contributed by atoms with Crippen LogP contribution in [0.2, 0.25) is 10.0 Å². The van der Waals surface area contributed by atoms with Crippen LogP contribution in [-0.2, 0) is 11.2 Å². The summed E-state index contributed by atoms with van der Waals surface area (Å²) in [4.78, 5) is 10.9. The van der Waals surface area contributed by atoms with Gasteiger partial charge in [-0.15, -0.1) is 0 Å². The number of aryl methyl sites for hydroxylation is 1. The first-order chi connectivity index (χ1) is 15.5. The smallest absolute Gasteiger partial charge is 0.341 e. The van der Waals surface area contributed by atoms with Crippen LogP contribution >= 0.6 is 23.2 Å². The molecule has 0 saturated carbocycles. The Labute approximate surface area is 194 Å². The number of carbonyl (C=O) groups is 1. The first-order valence-electron chi connectivity index (χ1n) is 9.95. The summed E-state index contributed by atoms with van der Waals surface area (Å²) in [6.45, 7) is 1.59. The number of aliphatic carboxylic acids is 1. The van der Waals surface area contributed by atoms with Gasteiger partial charge in [-0.1, -0.05) is 41.7 Å². The average molecular weight is 472 g/mol. The SMILES string of the molecule is CCCc1cc(Oc2ccc(Cl)cc2)ccc1-c1noc2ccc(OCC(=O)O)c(Cl)c12. The predicted molar refractivity (Wildman–Crippen MR) is 123 cm³/mol. The van der Waals surface area contributed by atoms with Crippen LogP contribution < -0.4 is 9.47 Å². The van der Waals surface area contributed by atoms with Crippen molar-refractivity contribution in [2.45, 2.75) is 19.8 Å². The molecular formula is C24H19Cl2NO5. The zero-order chi connectivity index (χ0) is 22.7. The summed E-state index contributed by atoms with van der Waals surface area (Å²) in [5, 5.41) is 14.6. The summed E-state index contributed by atoms with van der Waals surface area (Å²) in [6, 6.07) is 16.1. The Bertz CT molecular complexity index is 1270. The van der Waals surface area contributed by atoms with Crippen LogP contribution in [-0.4, -0.2) is 22.8 Å². The second-order valence-electron chi connectivity index (χ2n) is 7.09. The molecule has 1 aromatic heterocycles. The van der Waals surface area contributed by atoms with Crippen LogP contribution in [0, 0.1) is 0 Å². The minimum atomic E-state index is -1.09. The van der Waals surface area contributed by atoms with Gasteiger partial charge < -0.3 is 19.1 Å². The highest BCUT2D eigenvalue weighted by Crippen LogP contribution is 2.41. The third kappa shape index (κ3) is 4.66. The largest absolute Gasteiger partial charge is 0.480 e. The molecule has 32 heavy (non-hydrogen) atoms. The highest BCUT2D eigenvalue weighted by Gasteiger charge is 2.20. The van der Waals surface area contributed by atoms with E-state index in [-0.39, 0.29) is 10.8 Å². The molecule has 0 amide bonds. The Kier molecular flexibility index (Phi) is 6.53. The van der Waals surface area contributed by atoms with E-state index in [4.69, 9.17) is 42.3 Å². The monoisotopic (exact) mass is 471 g/mol. The van der Waals surface area contributed by atoms with Crippen molar-refractivity contribution < 1.29 is 23.9 Å². The molecule has 0 atom stereocenters. The van der Waals surface area contributed by atoms with E-state index in [1.54, 1.807) is 36.4 Å². The fourth-order valence-corrected chi connectivity index (χ4v) is 3.82. The number of carboxylic acids is 1. The van der Waals surface area contributed by atoms with Crippen molar-refractivity contribution in [3.8, 4) is 28.5 Å². The van der Waals surface area contributed by atoms with Crippen LogP contribution in [0.4, 0.5) is 0 Å². The summed E-state index contributed by atoms with van der Waals surface area (Å²) < 4.78 is 16.8. The predicted octanol–water partition coefficient (Wildman–Crippen LogP) is 7.01. The third-order valence-corrected chi connectivity index (χ3v) is 5.42. The van der Waals surface area contributed by atoms with Crippen molar-refractivity contribution in [1.82, 2.24) is 5.16 Å². The van der Waals surface area contributed by atoms with Gasteiger partial charge in [-0.3, -0.25) is 0 Å². The summed E-state index contributed by atoms with van der Waals surface area (Å²) in [6.07, 6.45) is 1.70. The molecular weight excluding hydrogens is 453 g/mol. The molecule has 8 heteroatoms. The molecule has 0 fully saturated rings. The molecule has 0 spiro atoms. The van der Waals surface area contributed by atoms with Gasteiger partial charge in [-0.05, 0) is 66.6 Å². The summed E-state index contributed by atoms with van der Waals surface area (Å²) in [5.41, 5.74) is 2.91. The third-order valence-electron chi connectivity index (χ3n) is 4.79. The van der Waals surface area contributed by atoms with Gasteiger partial charge in [0.2, 0.25) is 0 Å². The molecule has 3 aromatic carbocycles. The number of hydrogen-bond donors (Lipinski definition) is 1. The van der Waals surface area contributed by atoms with Gasteiger partial charge in [-0.2, -0.15) is 0 Å². The number of rotatable bonds is 8. The van der Waals surface area contributed by atoms with Crippen LogP contribution in [0.1, 0.15) is 18.9 Å². The Hall–Kier alpha value is -3.22. The fraction of sp³-hybridized carbons (Fsp3) is 0.167. The van der Waals surface area contributed by atoms with Gasteiger partial charge in [0.05, 0.1) is 10.4 Å². The van der Waals surface area contributed by atoms with Gasteiger partial charge in [0.25, 0.3) is 0 Å². The minimum absolute atomic E-state index is 0.254. The summed E-state index contributed by atoms with van der Waals surface area (Å²) >= 11 is 12.5. The normalized spacial score (nSPS) is 11.0. The number of nitrogens with zero attached hydrogens (tertiary/aromatic N) is 1. The van der Waals surface area contributed by atoms with Crippen molar-refractivity contribution in [2.75, 3.05) is 6.61 Å². The van der Waals surface area contributed by atoms with Crippen molar-refractivity contribution in [2.24, 2.45) is 0 Å². The van der Waals surface area contributed by atoms with Crippen molar-refractivity contribution in [1.29, 1.82) is 0 Å². The molecule has 0 aliphatic rings. The Morgan fingerprint density at radius 1 is 1.06 bits per heavy atom. The molecule has 0 unspecified atom stereocenters. The van der Waals surface area contributed by atoms with Crippen molar-refractivity contribution in [3.05, 3.63) is 70.2 Å². The quantitative estimate of drug-likeness (QED) is 0.297. The van der Waals surface area contributed by atoms with Crippen molar-refractivity contribution >= 4 is 40.1 Å². The van der Waals surface area contributed by atoms with Gasteiger partial charge in [0.1, 0.15) is 22.9 Å². The number of carboxylic acid groups (broad SMARTS) is 1. The standard InChI is InChI=1S/C24H19Cl2NO5/c1-2-3-14-12-17(31-16-6-4-15(25)5-7-16)8-9-18(14)24-22-19(32-27-24)10-11-20(23(22)26)30-13-21(28)29/h4-12H,2-3,13H2,1H3,(H,28,29). The van der Waals surface area contributed by atoms with Crippen molar-refractivity contribution in [3.63, 3.8) is 0 Å². The van der Waals surface area contributed by atoms with Crippen LogP contribution in [0.15, 0.2) is 59.1 Å². The number of halogens is 2. The van der Waals surface area contributed by atoms with Gasteiger partial charge in [0.15, 0.2) is 12.2 Å². The van der Waals surface area contributed by atoms with E-state index in [0.717, 1.165) is 24.0 Å². The van der Waals surface area contributed by atoms with Gasteiger partial charge in [-0.25, -0.2) is 4.79 Å². The number of hydrogen-bond acceptors (Lipinski definition) is 5. The fourth-order valence-electron chi connectivity index (χ4n) is 3.39. The summed E-state index contributed by atoms with van der Waals surface area (Å²) in [7, 11) is 0. The average Bonchev–Trinajstić information content (AvgIpc) is 3.20. The lowest BCUT2D eigenvalue weighted by Gasteiger charge is -2.12. The lowest BCUT2D eigenvalue weighted by Crippen LogP contribution is -2.09. The molecule has 0 aliphatic heterocycles. The van der Waals surface area contributed by atoms with Gasteiger partial charge in [0, 0.05) is 10.6 Å². The van der Waals surface area contributed by atoms with E-state index in [0.29, 0.717) is 33.2 Å². The molecule has 4 rings (SSSR count). The highest BCUT2D eigenvalue weighted by molar-refractivity contribution is 6.37. The zero-order valence-corrected chi connectivity index (χ0v) is 18.6. The van der Waals surface area contributed by atoms with Crippen LogP contribution in [0.3, 0.4) is 0 Å². The molecule has 6 nitrogen and oxygen atoms in total. The van der Waals surface area contributed by atoms with Crippen LogP contribution in [0.25, 0.3) is 22.2 Å². The van der Waals surface area contributed by atoms with E-state index in [1.165, 1.54) is 0 Å².